The molecule has 0 fully saturated rings. The van der Waals surface area contributed by atoms with Crippen LogP contribution in [0.4, 0.5) is 5.69 Å². The predicted octanol–water partition coefficient (Wildman–Crippen LogP) is 2.64. The Labute approximate surface area is 106 Å². The molecule has 0 amide bonds. The Kier molecular flexibility index (Phi) is 3.45. The number of rotatable bonds is 3. The van der Waals surface area contributed by atoms with E-state index in [0.717, 1.165) is 21.1 Å². The van der Waals surface area contributed by atoms with E-state index in [2.05, 4.69) is 34.1 Å². The molecule has 0 spiro atoms. The highest BCUT2D eigenvalue weighted by Gasteiger charge is 2.08. The molecule has 2 aromatic rings. The van der Waals surface area contributed by atoms with Crippen molar-refractivity contribution in [3.8, 4) is 10.6 Å². The summed E-state index contributed by atoms with van der Waals surface area (Å²) in [5.41, 5.74) is 9.07. The summed E-state index contributed by atoms with van der Waals surface area (Å²) >= 11 is 1.68. The van der Waals surface area contributed by atoms with Gasteiger partial charge in [-0.1, -0.05) is 0 Å². The highest BCUT2D eigenvalue weighted by Crippen LogP contribution is 2.28. The minimum absolute atomic E-state index is 0.569. The summed E-state index contributed by atoms with van der Waals surface area (Å²) in [6.07, 6.45) is 0. The van der Waals surface area contributed by atoms with Crippen molar-refractivity contribution < 1.29 is 0 Å². The average molecular weight is 247 g/mol. The lowest BCUT2D eigenvalue weighted by Crippen LogP contribution is -2.07. The van der Waals surface area contributed by atoms with Gasteiger partial charge in [-0.25, -0.2) is 4.98 Å². The second-order valence-electron chi connectivity index (χ2n) is 4.17. The molecular formula is C13H17N3S. The van der Waals surface area contributed by atoms with Gasteiger partial charge in [0.05, 0.1) is 5.69 Å². The van der Waals surface area contributed by atoms with E-state index in [0.29, 0.717) is 6.54 Å². The SMILES string of the molecule is Cc1nc(-c2ccc(N(C)C)cc2)sc1CN. The van der Waals surface area contributed by atoms with Crippen molar-refractivity contribution in [2.24, 2.45) is 5.73 Å². The third-order valence-corrected chi connectivity index (χ3v) is 3.94. The van der Waals surface area contributed by atoms with Crippen molar-refractivity contribution >= 4 is 17.0 Å². The lowest BCUT2D eigenvalue weighted by Gasteiger charge is -2.11. The first-order valence-corrected chi connectivity index (χ1v) is 6.37. The van der Waals surface area contributed by atoms with Gasteiger partial charge in [0.15, 0.2) is 0 Å². The average Bonchev–Trinajstić information content (AvgIpc) is 2.70. The van der Waals surface area contributed by atoms with Crippen molar-refractivity contribution in [2.45, 2.75) is 13.5 Å². The molecule has 3 nitrogen and oxygen atoms in total. The van der Waals surface area contributed by atoms with Crippen LogP contribution in [0.1, 0.15) is 10.6 Å². The summed E-state index contributed by atoms with van der Waals surface area (Å²) in [6.45, 7) is 2.58. The Bertz CT molecular complexity index is 500. The van der Waals surface area contributed by atoms with E-state index in [-0.39, 0.29) is 0 Å². The number of hydrogen-bond donors (Lipinski definition) is 1. The fraction of sp³-hybridized carbons (Fsp3) is 0.308. The molecule has 1 heterocycles. The molecule has 0 radical (unpaired) electrons. The molecule has 0 bridgehead atoms. The van der Waals surface area contributed by atoms with Gasteiger partial charge in [-0.15, -0.1) is 11.3 Å². The van der Waals surface area contributed by atoms with Gasteiger partial charge in [0.2, 0.25) is 0 Å². The van der Waals surface area contributed by atoms with Crippen LogP contribution in [0.5, 0.6) is 0 Å². The number of nitrogens with zero attached hydrogens (tertiary/aromatic N) is 2. The summed E-state index contributed by atoms with van der Waals surface area (Å²) in [5.74, 6) is 0. The molecule has 2 N–H and O–H groups in total. The van der Waals surface area contributed by atoms with Crippen LogP contribution in [0.2, 0.25) is 0 Å². The fourth-order valence-corrected chi connectivity index (χ4v) is 2.59. The van der Waals surface area contributed by atoms with E-state index >= 15 is 0 Å². The van der Waals surface area contributed by atoms with Crippen molar-refractivity contribution in [3.63, 3.8) is 0 Å². The smallest absolute Gasteiger partial charge is 0.123 e. The molecule has 0 aliphatic heterocycles. The van der Waals surface area contributed by atoms with Crippen molar-refractivity contribution in [3.05, 3.63) is 34.8 Å². The van der Waals surface area contributed by atoms with Gasteiger partial charge in [0, 0.05) is 36.8 Å². The lowest BCUT2D eigenvalue weighted by atomic mass is 10.2. The lowest BCUT2D eigenvalue weighted by molar-refractivity contribution is 1.06. The number of nitrogens with two attached hydrogens (primary N) is 1. The molecule has 0 saturated carbocycles. The number of anilines is 1. The van der Waals surface area contributed by atoms with E-state index in [1.807, 2.05) is 21.0 Å². The molecule has 17 heavy (non-hydrogen) atoms. The Morgan fingerprint density at radius 1 is 1.24 bits per heavy atom. The predicted molar refractivity (Wildman–Crippen MR) is 74.5 cm³/mol. The summed E-state index contributed by atoms with van der Waals surface area (Å²) in [6, 6.07) is 8.42. The largest absolute Gasteiger partial charge is 0.378 e. The number of aryl methyl sites for hydroxylation is 1. The van der Waals surface area contributed by atoms with Crippen LogP contribution < -0.4 is 10.6 Å². The minimum atomic E-state index is 0.569. The first kappa shape index (κ1) is 12.1. The van der Waals surface area contributed by atoms with Crippen LogP contribution >= 0.6 is 11.3 Å². The zero-order chi connectivity index (χ0) is 12.4. The van der Waals surface area contributed by atoms with Gasteiger partial charge in [0.25, 0.3) is 0 Å². The molecule has 1 aromatic heterocycles. The van der Waals surface area contributed by atoms with Gasteiger partial charge in [-0.2, -0.15) is 0 Å². The van der Waals surface area contributed by atoms with Gasteiger partial charge < -0.3 is 10.6 Å². The van der Waals surface area contributed by atoms with Crippen molar-refractivity contribution in [1.29, 1.82) is 0 Å². The highest BCUT2D eigenvalue weighted by molar-refractivity contribution is 7.15. The Hall–Kier alpha value is -1.39. The maximum atomic E-state index is 5.67. The van der Waals surface area contributed by atoms with Crippen LogP contribution in [0.15, 0.2) is 24.3 Å². The van der Waals surface area contributed by atoms with Gasteiger partial charge in [-0.3, -0.25) is 0 Å². The first-order valence-electron chi connectivity index (χ1n) is 5.56. The Balaban J connectivity index is 2.33. The maximum absolute atomic E-state index is 5.67. The van der Waals surface area contributed by atoms with Crippen molar-refractivity contribution in [1.82, 2.24) is 4.98 Å². The third kappa shape index (κ3) is 2.48. The zero-order valence-corrected chi connectivity index (χ0v) is 11.2. The molecule has 0 saturated heterocycles. The van der Waals surface area contributed by atoms with Crippen LogP contribution in [-0.2, 0) is 6.54 Å². The molecule has 0 atom stereocenters. The van der Waals surface area contributed by atoms with Crippen LogP contribution in [-0.4, -0.2) is 19.1 Å². The normalized spacial score (nSPS) is 10.6. The highest BCUT2D eigenvalue weighted by atomic mass is 32.1. The van der Waals surface area contributed by atoms with E-state index < -0.39 is 0 Å². The summed E-state index contributed by atoms with van der Waals surface area (Å²) in [4.78, 5) is 7.80. The standard InChI is InChI=1S/C13H17N3S/c1-9-12(8-14)17-13(15-9)10-4-6-11(7-5-10)16(2)3/h4-7H,8,14H2,1-3H3. The molecule has 0 unspecified atom stereocenters. The minimum Gasteiger partial charge on any atom is -0.378 e. The second kappa shape index (κ2) is 4.85. The van der Waals surface area contributed by atoms with Gasteiger partial charge >= 0.3 is 0 Å². The number of benzene rings is 1. The van der Waals surface area contributed by atoms with E-state index in [1.165, 1.54) is 5.69 Å². The fourth-order valence-electron chi connectivity index (χ4n) is 1.64. The van der Waals surface area contributed by atoms with E-state index in [9.17, 15) is 0 Å². The zero-order valence-electron chi connectivity index (χ0n) is 10.4. The Morgan fingerprint density at radius 3 is 2.35 bits per heavy atom. The summed E-state index contributed by atoms with van der Waals surface area (Å²) in [7, 11) is 4.07. The molecule has 0 aliphatic carbocycles. The Morgan fingerprint density at radius 2 is 1.88 bits per heavy atom. The summed E-state index contributed by atoms with van der Waals surface area (Å²) < 4.78 is 0. The third-order valence-electron chi connectivity index (χ3n) is 2.71. The molecule has 2 rings (SSSR count). The van der Waals surface area contributed by atoms with E-state index in [1.54, 1.807) is 11.3 Å². The van der Waals surface area contributed by atoms with Crippen LogP contribution in [0.25, 0.3) is 10.6 Å². The number of aromatic nitrogens is 1. The van der Waals surface area contributed by atoms with Gasteiger partial charge in [-0.05, 0) is 31.2 Å². The molecule has 90 valence electrons. The number of thiazole rings is 1. The van der Waals surface area contributed by atoms with Gasteiger partial charge in [0.1, 0.15) is 5.01 Å². The molecule has 1 aromatic carbocycles. The summed E-state index contributed by atoms with van der Waals surface area (Å²) in [5, 5.41) is 1.05. The van der Waals surface area contributed by atoms with Crippen LogP contribution in [0.3, 0.4) is 0 Å². The van der Waals surface area contributed by atoms with Crippen molar-refractivity contribution in [2.75, 3.05) is 19.0 Å². The molecular weight excluding hydrogens is 230 g/mol. The number of hydrogen-bond acceptors (Lipinski definition) is 4. The molecule has 0 aliphatic rings. The monoisotopic (exact) mass is 247 g/mol. The molecule has 4 heteroatoms. The second-order valence-corrected chi connectivity index (χ2v) is 5.26. The van der Waals surface area contributed by atoms with Crippen LogP contribution in [0, 0.1) is 6.92 Å². The van der Waals surface area contributed by atoms with E-state index in [4.69, 9.17) is 5.73 Å². The first-order chi connectivity index (χ1) is 8.11. The quantitative estimate of drug-likeness (QED) is 0.906. The topological polar surface area (TPSA) is 42.2 Å². The maximum Gasteiger partial charge on any atom is 0.123 e.